The molecule has 4 rings (SSSR count). The number of hydrogen-bond donors (Lipinski definition) is 2. The Hall–Kier alpha value is -2.91. The summed E-state index contributed by atoms with van der Waals surface area (Å²) in [4.78, 5) is 11.9. The molecule has 0 saturated carbocycles. The van der Waals surface area contributed by atoms with Gasteiger partial charge in [0.15, 0.2) is 14.9 Å². The largest absolute Gasteiger partial charge is 0.368 e. The highest BCUT2D eigenvalue weighted by atomic mass is 32.2. The van der Waals surface area contributed by atoms with Crippen LogP contribution in [-0.4, -0.2) is 41.7 Å². The fourth-order valence-corrected chi connectivity index (χ4v) is 5.06. The number of rotatable bonds is 4. The lowest BCUT2D eigenvalue weighted by Crippen LogP contribution is -2.25. The van der Waals surface area contributed by atoms with E-state index in [1.165, 1.54) is 24.7 Å². The number of nitrogens with two attached hydrogens (primary N) is 1. The van der Waals surface area contributed by atoms with Gasteiger partial charge in [0.05, 0.1) is 5.25 Å². The van der Waals surface area contributed by atoms with Crippen molar-refractivity contribution >= 4 is 15.8 Å². The predicted molar refractivity (Wildman–Crippen MR) is 104 cm³/mol. The monoisotopic (exact) mass is 399 g/mol. The Balaban J connectivity index is 1.76. The fraction of sp³-hybridized carbons (Fsp3) is 0.211. The van der Waals surface area contributed by atoms with Crippen LogP contribution in [0.25, 0.3) is 22.3 Å². The Labute approximate surface area is 161 Å². The zero-order valence-corrected chi connectivity index (χ0v) is 15.7. The molecule has 3 aromatic rings. The van der Waals surface area contributed by atoms with Crippen molar-refractivity contribution in [2.45, 2.75) is 16.7 Å². The SMILES string of the molecule is Nc1ncc(-c2ccc(-c3cccnc3S(=O)(=O)C3CCNC3)cc2F)cn1. The molecule has 0 spiro atoms. The van der Waals surface area contributed by atoms with Crippen LogP contribution in [-0.2, 0) is 9.84 Å². The highest BCUT2D eigenvalue weighted by Crippen LogP contribution is 2.32. The number of pyridine rings is 1. The van der Waals surface area contributed by atoms with E-state index in [0.717, 1.165) is 0 Å². The molecule has 0 aliphatic carbocycles. The standard InChI is InChI=1S/C19H18FN5O2S/c20-17-8-12(3-4-15(17)13-9-24-19(21)25-10-13)16-2-1-6-23-18(16)28(26,27)14-5-7-22-11-14/h1-4,6,8-10,14,22H,5,7,11H2,(H2,21,24,25). The minimum absolute atomic E-state index is 0.0216. The van der Waals surface area contributed by atoms with Gasteiger partial charge in [-0.1, -0.05) is 12.1 Å². The maximum Gasteiger partial charge on any atom is 0.219 e. The van der Waals surface area contributed by atoms with Crippen molar-refractivity contribution in [3.05, 3.63) is 54.7 Å². The van der Waals surface area contributed by atoms with Crippen LogP contribution in [0.15, 0.2) is 53.9 Å². The second-order valence-corrected chi connectivity index (χ2v) is 8.68. The number of anilines is 1. The van der Waals surface area contributed by atoms with Crippen LogP contribution in [0, 0.1) is 5.82 Å². The minimum atomic E-state index is -3.63. The smallest absolute Gasteiger partial charge is 0.219 e. The van der Waals surface area contributed by atoms with Gasteiger partial charge in [0.2, 0.25) is 5.95 Å². The first kappa shape index (κ1) is 18.5. The molecule has 28 heavy (non-hydrogen) atoms. The van der Waals surface area contributed by atoms with Gasteiger partial charge in [-0.3, -0.25) is 0 Å². The highest BCUT2D eigenvalue weighted by Gasteiger charge is 2.33. The van der Waals surface area contributed by atoms with Crippen LogP contribution in [0.5, 0.6) is 0 Å². The molecule has 1 aliphatic rings. The van der Waals surface area contributed by atoms with Crippen LogP contribution in [0.3, 0.4) is 0 Å². The van der Waals surface area contributed by atoms with E-state index < -0.39 is 20.9 Å². The van der Waals surface area contributed by atoms with E-state index in [0.29, 0.717) is 41.8 Å². The van der Waals surface area contributed by atoms with E-state index in [2.05, 4.69) is 20.3 Å². The summed E-state index contributed by atoms with van der Waals surface area (Å²) < 4.78 is 40.8. The van der Waals surface area contributed by atoms with Crippen LogP contribution >= 0.6 is 0 Å². The van der Waals surface area contributed by atoms with Crippen molar-refractivity contribution in [1.82, 2.24) is 20.3 Å². The van der Waals surface area contributed by atoms with Crippen molar-refractivity contribution in [1.29, 1.82) is 0 Å². The number of nitrogens with one attached hydrogen (secondary N) is 1. The van der Waals surface area contributed by atoms with Crippen molar-refractivity contribution in [3.8, 4) is 22.3 Å². The van der Waals surface area contributed by atoms with E-state index in [1.807, 2.05) is 0 Å². The molecule has 1 atom stereocenters. The third-order valence-electron chi connectivity index (χ3n) is 4.76. The van der Waals surface area contributed by atoms with Gasteiger partial charge in [-0.25, -0.2) is 27.8 Å². The maximum absolute atomic E-state index is 14.8. The molecule has 3 heterocycles. The number of nitrogen functional groups attached to an aromatic ring is 1. The number of nitrogens with zero attached hydrogens (tertiary/aromatic N) is 3. The summed E-state index contributed by atoms with van der Waals surface area (Å²) in [5.74, 6) is -0.409. The van der Waals surface area contributed by atoms with Crippen LogP contribution in [0.4, 0.5) is 10.3 Å². The van der Waals surface area contributed by atoms with Gasteiger partial charge < -0.3 is 11.1 Å². The second kappa shape index (κ2) is 7.25. The third-order valence-corrected chi connectivity index (χ3v) is 6.90. The topological polar surface area (TPSA) is 111 Å². The zero-order chi connectivity index (χ0) is 19.7. The van der Waals surface area contributed by atoms with E-state index in [4.69, 9.17) is 5.73 Å². The molecule has 0 amide bonds. The number of sulfone groups is 1. The summed E-state index contributed by atoms with van der Waals surface area (Å²) in [6, 6.07) is 7.82. The first-order valence-corrected chi connectivity index (χ1v) is 10.3. The van der Waals surface area contributed by atoms with Crippen molar-refractivity contribution in [2.24, 2.45) is 0 Å². The summed E-state index contributed by atoms with van der Waals surface area (Å²) in [7, 11) is -3.63. The Morgan fingerprint density at radius 3 is 2.54 bits per heavy atom. The molecular formula is C19H18FN5O2S. The molecule has 144 valence electrons. The van der Waals surface area contributed by atoms with Crippen molar-refractivity contribution in [3.63, 3.8) is 0 Å². The van der Waals surface area contributed by atoms with Gasteiger partial charge in [0.1, 0.15) is 5.82 Å². The summed E-state index contributed by atoms with van der Waals surface area (Å²) in [6.45, 7) is 1.04. The Bertz CT molecular complexity index is 1110. The van der Waals surface area contributed by atoms with Crippen LogP contribution in [0.1, 0.15) is 6.42 Å². The predicted octanol–water partition coefficient (Wildman–Crippen LogP) is 2.06. The van der Waals surface area contributed by atoms with Gasteiger partial charge in [-0.2, -0.15) is 0 Å². The lowest BCUT2D eigenvalue weighted by Gasteiger charge is -2.14. The molecule has 2 aromatic heterocycles. The Morgan fingerprint density at radius 2 is 1.86 bits per heavy atom. The molecule has 1 aromatic carbocycles. The minimum Gasteiger partial charge on any atom is -0.368 e. The fourth-order valence-electron chi connectivity index (χ4n) is 3.28. The first-order valence-electron chi connectivity index (χ1n) is 8.74. The molecule has 1 unspecified atom stereocenters. The molecule has 1 saturated heterocycles. The van der Waals surface area contributed by atoms with Crippen molar-refractivity contribution in [2.75, 3.05) is 18.8 Å². The van der Waals surface area contributed by atoms with Crippen molar-refractivity contribution < 1.29 is 12.8 Å². The number of aromatic nitrogens is 3. The second-order valence-electron chi connectivity index (χ2n) is 6.54. The molecule has 3 N–H and O–H groups in total. The summed E-state index contributed by atoms with van der Waals surface area (Å²) in [5, 5.41) is 2.51. The third kappa shape index (κ3) is 3.34. The molecule has 0 bridgehead atoms. The zero-order valence-electron chi connectivity index (χ0n) is 14.8. The average molecular weight is 399 g/mol. The van der Waals surface area contributed by atoms with E-state index in [1.54, 1.807) is 24.3 Å². The number of hydrogen-bond acceptors (Lipinski definition) is 7. The lowest BCUT2D eigenvalue weighted by molar-refractivity contribution is 0.579. The van der Waals surface area contributed by atoms with Crippen LogP contribution in [0.2, 0.25) is 0 Å². The molecular weight excluding hydrogens is 381 g/mol. The highest BCUT2D eigenvalue weighted by molar-refractivity contribution is 7.92. The summed E-state index contributed by atoms with van der Waals surface area (Å²) in [5.41, 5.74) is 7.07. The normalized spacial score (nSPS) is 17.0. The average Bonchev–Trinajstić information content (AvgIpc) is 3.25. The summed E-state index contributed by atoms with van der Waals surface area (Å²) in [6.07, 6.45) is 4.85. The van der Waals surface area contributed by atoms with Gasteiger partial charge in [-0.05, 0) is 36.7 Å². The van der Waals surface area contributed by atoms with Crippen LogP contribution < -0.4 is 11.1 Å². The quantitative estimate of drug-likeness (QED) is 0.691. The van der Waals surface area contributed by atoms with E-state index in [9.17, 15) is 12.8 Å². The molecule has 0 radical (unpaired) electrons. The Morgan fingerprint density at radius 1 is 1.07 bits per heavy atom. The molecule has 1 aliphatic heterocycles. The molecule has 1 fully saturated rings. The maximum atomic E-state index is 14.8. The number of benzene rings is 1. The van der Waals surface area contributed by atoms with E-state index >= 15 is 0 Å². The molecule has 9 heteroatoms. The molecule has 7 nitrogen and oxygen atoms in total. The van der Waals surface area contributed by atoms with Gasteiger partial charge in [0.25, 0.3) is 0 Å². The van der Waals surface area contributed by atoms with E-state index in [-0.39, 0.29) is 11.0 Å². The lowest BCUT2D eigenvalue weighted by atomic mass is 10.0. The Kier molecular flexibility index (Phi) is 4.78. The van der Waals surface area contributed by atoms with Gasteiger partial charge >= 0.3 is 0 Å². The van der Waals surface area contributed by atoms with Gasteiger partial charge in [-0.15, -0.1) is 0 Å². The van der Waals surface area contributed by atoms with Gasteiger partial charge in [0, 0.05) is 41.8 Å². The summed E-state index contributed by atoms with van der Waals surface area (Å²) >= 11 is 0. The first-order chi connectivity index (χ1) is 13.5. The number of halogens is 1.